The van der Waals surface area contributed by atoms with Crippen LogP contribution in [0.2, 0.25) is 0 Å². The summed E-state index contributed by atoms with van der Waals surface area (Å²) in [5.41, 5.74) is 1.07. The van der Waals surface area contributed by atoms with Crippen molar-refractivity contribution in [3.05, 3.63) is 35.4 Å². The van der Waals surface area contributed by atoms with Crippen LogP contribution in [-0.4, -0.2) is 24.2 Å². The summed E-state index contributed by atoms with van der Waals surface area (Å²) in [6.07, 6.45) is 3.94. The summed E-state index contributed by atoms with van der Waals surface area (Å²) >= 11 is 0. The first kappa shape index (κ1) is 15.5. The van der Waals surface area contributed by atoms with Crippen LogP contribution in [0.15, 0.2) is 24.3 Å². The van der Waals surface area contributed by atoms with Crippen molar-refractivity contribution in [1.82, 2.24) is 0 Å². The molecule has 1 aromatic rings. The third-order valence-corrected chi connectivity index (χ3v) is 4.59. The molecule has 0 saturated heterocycles. The van der Waals surface area contributed by atoms with E-state index in [9.17, 15) is 14.7 Å². The number of carbonyl (C=O) groups is 2. The van der Waals surface area contributed by atoms with Gasteiger partial charge in [-0.15, -0.1) is 0 Å². The predicted octanol–water partition coefficient (Wildman–Crippen LogP) is 3.61. The van der Waals surface area contributed by atoms with E-state index in [1.54, 1.807) is 12.1 Å². The van der Waals surface area contributed by atoms with Crippen LogP contribution in [-0.2, 0) is 9.53 Å². The topological polar surface area (TPSA) is 63.6 Å². The Morgan fingerprint density at radius 2 is 2.00 bits per heavy atom. The highest BCUT2D eigenvalue weighted by atomic mass is 16.5. The summed E-state index contributed by atoms with van der Waals surface area (Å²) in [4.78, 5) is 23.0. The van der Waals surface area contributed by atoms with Crippen LogP contribution in [0.5, 0.6) is 0 Å². The second kappa shape index (κ2) is 6.29. The van der Waals surface area contributed by atoms with Crippen molar-refractivity contribution >= 4 is 11.9 Å². The standard InChI is InChI=1S/C17H22O4/c1-3-9-17(16(19)20)10-8-14(11-17)12-4-6-13(7-5-12)15(18)21-2/h4-7,14H,3,8-11H2,1-2H3,(H,19,20). The number of ether oxygens (including phenoxy) is 1. The highest BCUT2D eigenvalue weighted by Gasteiger charge is 2.44. The van der Waals surface area contributed by atoms with Crippen LogP contribution in [0.25, 0.3) is 0 Å². The van der Waals surface area contributed by atoms with Crippen molar-refractivity contribution in [3.63, 3.8) is 0 Å². The number of carboxylic acid groups (broad SMARTS) is 1. The summed E-state index contributed by atoms with van der Waals surface area (Å²) in [5.74, 6) is -0.754. The number of hydrogen-bond donors (Lipinski definition) is 1. The molecule has 2 unspecified atom stereocenters. The van der Waals surface area contributed by atoms with Gasteiger partial charge in [0, 0.05) is 0 Å². The highest BCUT2D eigenvalue weighted by Crippen LogP contribution is 2.49. The molecule has 1 aliphatic carbocycles. The molecule has 1 aromatic carbocycles. The van der Waals surface area contributed by atoms with Crippen LogP contribution in [0, 0.1) is 5.41 Å². The van der Waals surface area contributed by atoms with E-state index in [-0.39, 0.29) is 11.9 Å². The number of rotatable bonds is 5. The van der Waals surface area contributed by atoms with Gasteiger partial charge in [0.25, 0.3) is 0 Å². The van der Waals surface area contributed by atoms with E-state index in [4.69, 9.17) is 0 Å². The first-order valence-corrected chi connectivity index (χ1v) is 7.44. The summed E-state index contributed by atoms with van der Waals surface area (Å²) < 4.78 is 4.68. The Labute approximate surface area is 125 Å². The van der Waals surface area contributed by atoms with Gasteiger partial charge in [0.1, 0.15) is 0 Å². The molecule has 1 aliphatic rings. The Morgan fingerprint density at radius 3 is 2.52 bits per heavy atom. The van der Waals surface area contributed by atoms with Crippen LogP contribution in [0.3, 0.4) is 0 Å². The molecular formula is C17H22O4. The monoisotopic (exact) mass is 290 g/mol. The Kier molecular flexibility index (Phi) is 4.66. The van der Waals surface area contributed by atoms with Crippen LogP contribution in [0.1, 0.15) is 60.9 Å². The maximum Gasteiger partial charge on any atom is 0.337 e. The molecule has 0 spiro atoms. The minimum atomic E-state index is -0.668. The molecule has 4 heteroatoms. The minimum absolute atomic E-state index is 0.263. The number of methoxy groups -OCH3 is 1. The third kappa shape index (κ3) is 3.09. The molecule has 0 heterocycles. The van der Waals surface area contributed by atoms with E-state index in [2.05, 4.69) is 4.74 Å². The first-order chi connectivity index (χ1) is 10.0. The van der Waals surface area contributed by atoms with Crippen LogP contribution in [0.4, 0.5) is 0 Å². The Morgan fingerprint density at radius 1 is 1.33 bits per heavy atom. The molecule has 2 atom stereocenters. The van der Waals surface area contributed by atoms with Gasteiger partial charge in [-0.05, 0) is 49.3 Å². The second-order valence-electron chi connectivity index (χ2n) is 5.89. The van der Waals surface area contributed by atoms with E-state index >= 15 is 0 Å². The van der Waals surface area contributed by atoms with Crippen molar-refractivity contribution in [2.75, 3.05) is 7.11 Å². The number of benzene rings is 1. The SMILES string of the molecule is CCCC1(C(=O)O)CCC(c2ccc(C(=O)OC)cc2)C1. The van der Waals surface area contributed by atoms with Gasteiger partial charge in [-0.2, -0.15) is 0 Å². The number of aliphatic carboxylic acids is 1. The fourth-order valence-electron chi connectivity index (χ4n) is 3.43. The zero-order valence-corrected chi connectivity index (χ0v) is 12.6. The smallest absolute Gasteiger partial charge is 0.337 e. The molecule has 0 amide bonds. The molecule has 0 aliphatic heterocycles. The number of esters is 1. The van der Waals surface area contributed by atoms with Gasteiger partial charge >= 0.3 is 11.9 Å². The molecule has 4 nitrogen and oxygen atoms in total. The van der Waals surface area contributed by atoms with Gasteiger partial charge < -0.3 is 9.84 Å². The molecule has 0 radical (unpaired) electrons. The first-order valence-electron chi connectivity index (χ1n) is 7.44. The zero-order valence-electron chi connectivity index (χ0n) is 12.6. The largest absolute Gasteiger partial charge is 0.481 e. The fraction of sp³-hybridized carbons (Fsp3) is 0.529. The third-order valence-electron chi connectivity index (χ3n) is 4.59. The predicted molar refractivity (Wildman–Crippen MR) is 79.4 cm³/mol. The Hall–Kier alpha value is -1.84. The second-order valence-corrected chi connectivity index (χ2v) is 5.89. The molecule has 1 N–H and O–H groups in total. The summed E-state index contributed by atoms with van der Waals surface area (Å²) in [7, 11) is 1.36. The van der Waals surface area contributed by atoms with Crippen molar-refractivity contribution in [2.24, 2.45) is 5.41 Å². The zero-order chi connectivity index (χ0) is 15.5. The van der Waals surface area contributed by atoms with E-state index < -0.39 is 11.4 Å². The van der Waals surface area contributed by atoms with Crippen molar-refractivity contribution in [3.8, 4) is 0 Å². The number of carboxylic acids is 1. The van der Waals surface area contributed by atoms with Crippen LogP contribution >= 0.6 is 0 Å². The van der Waals surface area contributed by atoms with Crippen molar-refractivity contribution in [1.29, 1.82) is 0 Å². The van der Waals surface area contributed by atoms with E-state index in [0.29, 0.717) is 12.0 Å². The normalized spacial score (nSPS) is 24.8. The molecular weight excluding hydrogens is 268 g/mol. The lowest BCUT2D eigenvalue weighted by atomic mass is 9.80. The van der Waals surface area contributed by atoms with Crippen molar-refractivity contribution < 1.29 is 19.4 Å². The van der Waals surface area contributed by atoms with E-state index in [0.717, 1.165) is 31.2 Å². The summed E-state index contributed by atoms with van der Waals surface area (Å²) in [6, 6.07) is 7.34. The van der Waals surface area contributed by atoms with Gasteiger partial charge in [0.15, 0.2) is 0 Å². The molecule has 1 fully saturated rings. The summed E-state index contributed by atoms with van der Waals surface area (Å²) in [5, 5.41) is 9.55. The van der Waals surface area contributed by atoms with Crippen molar-refractivity contribution in [2.45, 2.75) is 44.9 Å². The van der Waals surface area contributed by atoms with Gasteiger partial charge in [0.05, 0.1) is 18.1 Å². The minimum Gasteiger partial charge on any atom is -0.481 e. The van der Waals surface area contributed by atoms with E-state index in [1.165, 1.54) is 7.11 Å². The number of carbonyl (C=O) groups excluding carboxylic acids is 1. The molecule has 21 heavy (non-hydrogen) atoms. The fourth-order valence-corrected chi connectivity index (χ4v) is 3.43. The maximum absolute atomic E-state index is 11.6. The average Bonchev–Trinajstić information content (AvgIpc) is 2.93. The van der Waals surface area contributed by atoms with E-state index in [1.807, 2.05) is 19.1 Å². The molecule has 114 valence electrons. The molecule has 0 aromatic heterocycles. The lowest BCUT2D eigenvalue weighted by molar-refractivity contribution is -0.149. The van der Waals surface area contributed by atoms with Gasteiger partial charge in [-0.3, -0.25) is 4.79 Å². The number of hydrogen-bond acceptors (Lipinski definition) is 3. The Bertz CT molecular complexity index is 520. The quantitative estimate of drug-likeness (QED) is 0.841. The molecule has 0 bridgehead atoms. The lowest BCUT2D eigenvalue weighted by Crippen LogP contribution is -2.27. The Balaban J connectivity index is 2.13. The van der Waals surface area contributed by atoms with Gasteiger partial charge in [-0.1, -0.05) is 25.5 Å². The van der Waals surface area contributed by atoms with Crippen LogP contribution < -0.4 is 0 Å². The summed E-state index contributed by atoms with van der Waals surface area (Å²) in [6.45, 7) is 2.03. The van der Waals surface area contributed by atoms with Gasteiger partial charge in [-0.25, -0.2) is 4.79 Å². The molecule has 2 rings (SSSR count). The van der Waals surface area contributed by atoms with Gasteiger partial charge in [0.2, 0.25) is 0 Å². The molecule has 1 saturated carbocycles. The average molecular weight is 290 g/mol. The lowest BCUT2D eigenvalue weighted by Gasteiger charge is -2.23. The maximum atomic E-state index is 11.6. The highest BCUT2D eigenvalue weighted by molar-refractivity contribution is 5.89.